The maximum atomic E-state index is 14.9. The van der Waals surface area contributed by atoms with Gasteiger partial charge in [-0.1, -0.05) is 69.6 Å². The normalized spacial score (nSPS) is 19.5. The number of benzene rings is 2. The molecule has 12 heteroatoms. The van der Waals surface area contributed by atoms with Gasteiger partial charge in [0.1, 0.15) is 12.9 Å². The summed E-state index contributed by atoms with van der Waals surface area (Å²) in [7, 11) is 0. The van der Waals surface area contributed by atoms with Gasteiger partial charge in [0.25, 0.3) is 5.91 Å². The van der Waals surface area contributed by atoms with Crippen LogP contribution in [0.5, 0.6) is 0 Å². The number of amides is 1. The second-order valence-electron chi connectivity index (χ2n) is 13.7. The number of rotatable bonds is 10. The third-order valence-electron chi connectivity index (χ3n) is 8.53. The van der Waals surface area contributed by atoms with E-state index in [9.17, 15) is 9.59 Å². The Balaban J connectivity index is 1.39. The quantitative estimate of drug-likeness (QED) is 0.205. The molecule has 238 valence electrons. The minimum atomic E-state index is -1.32. The Hall–Kier alpha value is -4.64. The molecule has 0 bridgehead atoms. The van der Waals surface area contributed by atoms with Crippen LogP contribution in [0.2, 0.25) is 5.02 Å². The number of guanidine groups is 1. The number of nitrogens with one attached hydrogen (secondary N) is 1. The summed E-state index contributed by atoms with van der Waals surface area (Å²) in [5.41, 5.74) is 7.75. The van der Waals surface area contributed by atoms with Crippen molar-refractivity contribution in [1.82, 2.24) is 30.0 Å². The molecule has 2 aromatic carbocycles. The second kappa shape index (κ2) is 11.9. The van der Waals surface area contributed by atoms with Crippen molar-refractivity contribution >= 4 is 29.4 Å². The van der Waals surface area contributed by atoms with Gasteiger partial charge in [-0.25, -0.2) is 19.9 Å². The smallest absolute Gasteiger partial charge is 0.306 e. The first-order valence-corrected chi connectivity index (χ1v) is 15.6. The van der Waals surface area contributed by atoms with E-state index in [-0.39, 0.29) is 35.3 Å². The molecule has 0 saturated heterocycles. The lowest BCUT2D eigenvalue weighted by Gasteiger charge is -2.35. The molecule has 1 fully saturated rings. The van der Waals surface area contributed by atoms with Crippen molar-refractivity contribution in [1.29, 1.82) is 0 Å². The van der Waals surface area contributed by atoms with Crippen LogP contribution in [0.1, 0.15) is 70.5 Å². The van der Waals surface area contributed by atoms with Gasteiger partial charge in [0.05, 0.1) is 17.5 Å². The van der Waals surface area contributed by atoms with Crippen LogP contribution in [0.4, 0.5) is 0 Å². The zero-order chi connectivity index (χ0) is 32.7. The van der Waals surface area contributed by atoms with Crippen LogP contribution in [0.15, 0.2) is 72.2 Å². The van der Waals surface area contributed by atoms with E-state index >= 15 is 0 Å². The average molecular weight is 641 g/mol. The Labute approximate surface area is 272 Å². The maximum Gasteiger partial charge on any atom is 0.306 e. The van der Waals surface area contributed by atoms with E-state index < -0.39 is 11.6 Å². The van der Waals surface area contributed by atoms with E-state index in [1.165, 1.54) is 11.2 Å². The Morgan fingerprint density at radius 2 is 1.83 bits per heavy atom. The number of hydrogen-bond acceptors (Lipinski definition) is 9. The molecule has 2 aromatic heterocycles. The molecule has 3 N–H and O–H groups in total. The first kappa shape index (κ1) is 31.3. The summed E-state index contributed by atoms with van der Waals surface area (Å²) in [4.78, 5) is 47.1. The fraction of sp³-hybridized carbons (Fsp3) is 0.382. The number of halogens is 1. The van der Waals surface area contributed by atoms with Gasteiger partial charge in [-0.3, -0.25) is 19.6 Å². The number of carbonyl (C=O) groups is 2. The molecule has 1 saturated carbocycles. The monoisotopic (exact) mass is 640 g/mol. The lowest BCUT2D eigenvalue weighted by Crippen LogP contribution is -2.47. The van der Waals surface area contributed by atoms with Crippen molar-refractivity contribution in [3.8, 4) is 22.8 Å². The molecule has 4 aromatic rings. The number of hydrogen-bond donors (Lipinski definition) is 2. The van der Waals surface area contributed by atoms with Crippen molar-refractivity contribution in [2.24, 2.45) is 21.6 Å². The highest BCUT2D eigenvalue weighted by Crippen LogP contribution is 2.49. The molecule has 1 aliphatic carbocycles. The van der Waals surface area contributed by atoms with Crippen LogP contribution < -0.4 is 5.73 Å². The van der Waals surface area contributed by atoms with Gasteiger partial charge in [0, 0.05) is 23.5 Å². The van der Waals surface area contributed by atoms with Crippen LogP contribution in [0, 0.1) is 10.8 Å². The molecule has 6 rings (SSSR count). The van der Waals surface area contributed by atoms with E-state index in [1.54, 1.807) is 30.6 Å². The van der Waals surface area contributed by atoms with Crippen LogP contribution >= 0.6 is 11.6 Å². The molecule has 0 spiro atoms. The molecule has 3 heterocycles. The predicted molar refractivity (Wildman–Crippen MR) is 174 cm³/mol. The van der Waals surface area contributed by atoms with Gasteiger partial charge >= 0.3 is 5.97 Å². The number of H-pyrrole nitrogens is 1. The Kier molecular flexibility index (Phi) is 8.14. The van der Waals surface area contributed by atoms with E-state index in [1.807, 2.05) is 30.3 Å². The highest BCUT2D eigenvalue weighted by molar-refractivity contribution is 6.33. The third kappa shape index (κ3) is 6.37. The number of aromatic nitrogens is 5. The number of aliphatic imine (C=N–C) groups is 1. The van der Waals surface area contributed by atoms with Crippen molar-refractivity contribution in [3.05, 3.63) is 83.4 Å². The van der Waals surface area contributed by atoms with Crippen molar-refractivity contribution in [2.75, 3.05) is 6.61 Å². The van der Waals surface area contributed by atoms with Crippen molar-refractivity contribution in [3.63, 3.8) is 0 Å². The van der Waals surface area contributed by atoms with E-state index in [0.29, 0.717) is 46.2 Å². The van der Waals surface area contributed by atoms with Gasteiger partial charge < -0.3 is 10.5 Å². The van der Waals surface area contributed by atoms with Gasteiger partial charge in [0.15, 0.2) is 23.1 Å². The molecule has 1 amide bonds. The fourth-order valence-corrected chi connectivity index (χ4v) is 6.17. The summed E-state index contributed by atoms with van der Waals surface area (Å²) in [5.74, 6) is 0.444. The Bertz CT molecular complexity index is 1770. The summed E-state index contributed by atoms with van der Waals surface area (Å²) in [6.07, 6.45) is 7.42. The first-order chi connectivity index (χ1) is 21.9. The number of ether oxygens (including phenoxy) is 1. The third-order valence-corrected chi connectivity index (χ3v) is 8.86. The predicted octanol–water partition coefficient (Wildman–Crippen LogP) is 5.85. The summed E-state index contributed by atoms with van der Waals surface area (Å²) >= 11 is 6.56. The van der Waals surface area contributed by atoms with E-state index in [0.717, 1.165) is 18.4 Å². The minimum Gasteiger partial charge on any atom is -0.463 e. The molecule has 1 aliphatic heterocycles. The van der Waals surface area contributed by atoms with Crippen molar-refractivity contribution in [2.45, 2.75) is 65.0 Å². The highest BCUT2D eigenvalue weighted by Gasteiger charge is 2.53. The van der Waals surface area contributed by atoms with Gasteiger partial charge in [-0.05, 0) is 59.4 Å². The zero-order valence-corrected chi connectivity index (χ0v) is 27.1. The van der Waals surface area contributed by atoms with Gasteiger partial charge in [0.2, 0.25) is 0 Å². The Morgan fingerprint density at radius 1 is 1.11 bits per heavy atom. The molecule has 2 aliphatic rings. The molecule has 2 atom stereocenters. The second-order valence-corrected chi connectivity index (χ2v) is 14.1. The average Bonchev–Trinajstić information content (AvgIpc) is 3.39. The van der Waals surface area contributed by atoms with Crippen molar-refractivity contribution < 1.29 is 14.3 Å². The molecule has 11 nitrogen and oxygen atoms in total. The van der Waals surface area contributed by atoms with Crippen LogP contribution in [0.3, 0.4) is 0 Å². The standard InChI is InChI=1S/C34H37ClN8O3/c1-32(2,3)19-34(23-9-6-21(7-10-23)28-37-14-5-15-38-28)30(45)43(31(36)41-34)26(18-46-27(44)17-33(4)12-13-33)22-8-11-25(35)24(16-22)29-39-20-40-42-29/h5-11,14-16,20,26H,12-13,17-19H2,1-4H3,(H2,36,41)(H,39,40,42)/t26-,34-/m1/s1. The maximum absolute atomic E-state index is 14.9. The van der Waals surface area contributed by atoms with Crippen LogP contribution in [-0.2, 0) is 19.9 Å². The highest BCUT2D eigenvalue weighted by atomic mass is 35.5. The van der Waals surface area contributed by atoms with Crippen LogP contribution in [0.25, 0.3) is 22.8 Å². The number of aromatic amines is 1. The molecule has 46 heavy (non-hydrogen) atoms. The van der Waals surface area contributed by atoms with Gasteiger partial charge in [-0.2, -0.15) is 5.10 Å². The summed E-state index contributed by atoms with van der Waals surface area (Å²) in [6.45, 7) is 8.12. The summed E-state index contributed by atoms with van der Waals surface area (Å²) < 4.78 is 5.86. The number of esters is 1. The topological polar surface area (TPSA) is 152 Å². The largest absolute Gasteiger partial charge is 0.463 e. The minimum absolute atomic E-state index is 0.0327. The molecule has 0 radical (unpaired) electrons. The first-order valence-electron chi connectivity index (χ1n) is 15.3. The van der Waals surface area contributed by atoms with Gasteiger partial charge in [-0.15, -0.1) is 0 Å². The summed E-state index contributed by atoms with van der Waals surface area (Å²) in [6, 6.07) is 13.8. The molecular weight excluding hydrogens is 604 g/mol. The number of nitrogens with zero attached hydrogens (tertiary/aromatic N) is 6. The molecular formula is C34H37ClN8O3. The Morgan fingerprint density at radius 3 is 2.46 bits per heavy atom. The lowest BCUT2D eigenvalue weighted by molar-refractivity contribution is -0.148. The number of carbonyl (C=O) groups excluding carboxylic acids is 2. The lowest BCUT2D eigenvalue weighted by atomic mass is 9.75. The molecule has 0 unspecified atom stereocenters. The zero-order valence-electron chi connectivity index (χ0n) is 26.3. The summed E-state index contributed by atoms with van der Waals surface area (Å²) in [5, 5.41) is 7.23. The van der Waals surface area contributed by atoms with Crippen LogP contribution in [-0.4, -0.2) is 54.5 Å². The van der Waals surface area contributed by atoms with E-state index in [2.05, 4.69) is 52.8 Å². The SMILES string of the molecule is CC(C)(C)C[C@]1(c2ccc(-c3ncccn3)cc2)N=C(N)N([C@H](COC(=O)CC2(C)CC2)c2ccc(Cl)c(-c3ncn[nH]3)c2)C1=O. The number of nitrogens with two attached hydrogens (primary N) is 1. The van der Waals surface area contributed by atoms with E-state index in [4.69, 9.17) is 27.1 Å². The fourth-order valence-electron chi connectivity index (χ4n) is 5.97.